The van der Waals surface area contributed by atoms with Crippen molar-refractivity contribution in [2.24, 2.45) is 0 Å². The summed E-state index contributed by atoms with van der Waals surface area (Å²) in [6, 6.07) is 37.6. The Hall–Kier alpha value is -5.50. The van der Waals surface area contributed by atoms with Crippen LogP contribution < -0.4 is 0 Å². The third kappa shape index (κ3) is 6.98. The maximum Gasteiger partial charge on any atom is 0.0431 e. The molecule has 2 aliphatic carbocycles. The number of allylic oxidation sites excluding steroid dienone is 4. The van der Waals surface area contributed by atoms with Crippen LogP contribution in [0.5, 0.6) is 0 Å². The lowest BCUT2D eigenvalue weighted by Gasteiger charge is -2.19. The van der Waals surface area contributed by atoms with Gasteiger partial charge in [0, 0.05) is 25.6 Å². The average molecular weight is 787 g/mol. The Morgan fingerprint density at radius 1 is 0.441 bits per heavy atom. The lowest BCUT2D eigenvalue weighted by Crippen LogP contribution is -2.06. The third-order valence-corrected chi connectivity index (χ3v) is 15.2. The summed E-state index contributed by atoms with van der Waals surface area (Å²) in [7, 11) is 0. The van der Waals surface area contributed by atoms with Crippen molar-refractivity contribution in [1.29, 1.82) is 0 Å². The zero-order valence-corrected chi connectivity index (χ0v) is 38.0. The summed E-state index contributed by atoms with van der Waals surface area (Å²) in [6.07, 6.45) is 8.25. The quantitative estimate of drug-likeness (QED) is 0.164. The number of hydrogen-bond donors (Lipinski definition) is 0. The zero-order chi connectivity index (χ0) is 41.9. The van der Waals surface area contributed by atoms with E-state index in [0.29, 0.717) is 0 Å². The molecule has 0 atom stereocenters. The molecule has 2 aliphatic rings. The van der Waals surface area contributed by atoms with Crippen LogP contribution in [0.3, 0.4) is 0 Å². The first-order valence-corrected chi connectivity index (χ1v) is 22.1. The Labute approximate surface area is 357 Å². The minimum Gasteiger partial charge on any atom is -0.135 e. The molecular formula is C58H58S. The van der Waals surface area contributed by atoms with Crippen molar-refractivity contribution in [3.63, 3.8) is 0 Å². The molecule has 7 aromatic carbocycles. The summed E-state index contributed by atoms with van der Waals surface area (Å²) >= 11 is 1.87. The molecule has 296 valence electrons. The van der Waals surface area contributed by atoms with Crippen LogP contribution in [-0.4, -0.2) is 0 Å². The van der Waals surface area contributed by atoms with Crippen molar-refractivity contribution in [2.75, 3.05) is 0 Å². The van der Waals surface area contributed by atoms with Crippen LogP contribution in [-0.2, 0) is 5.41 Å². The molecule has 0 amide bonds. The van der Waals surface area contributed by atoms with E-state index in [1.165, 1.54) is 120 Å². The van der Waals surface area contributed by atoms with E-state index < -0.39 is 0 Å². The normalized spacial score (nSPS) is 13.5. The van der Waals surface area contributed by atoms with Gasteiger partial charge >= 0.3 is 0 Å². The molecule has 1 heteroatoms. The van der Waals surface area contributed by atoms with Gasteiger partial charge in [-0.05, 0) is 207 Å². The number of thiophene rings is 1. The second-order valence-corrected chi connectivity index (χ2v) is 18.4. The summed E-state index contributed by atoms with van der Waals surface area (Å²) in [6.45, 7) is 26.8. The average Bonchev–Trinajstić information content (AvgIpc) is 3.74. The van der Waals surface area contributed by atoms with Gasteiger partial charge in [-0.3, -0.25) is 0 Å². The highest BCUT2D eigenvalue weighted by atomic mass is 32.1. The van der Waals surface area contributed by atoms with E-state index in [1.54, 1.807) is 11.1 Å². The lowest BCUT2D eigenvalue weighted by molar-refractivity contribution is 0.774. The van der Waals surface area contributed by atoms with Crippen molar-refractivity contribution >= 4 is 42.3 Å². The van der Waals surface area contributed by atoms with E-state index in [2.05, 4.69) is 204 Å². The van der Waals surface area contributed by atoms with E-state index in [-0.39, 0.29) is 5.41 Å². The van der Waals surface area contributed by atoms with Gasteiger partial charge in [0.05, 0.1) is 0 Å². The van der Waals surface area contributed by atoms with Crippen LogP contribution in [0, 0.1) is 76.2 Å². The molecule has 10 rings (SSSR count). The molecule has 0 nitrogen and oxygen atoms in total. The molecule has 0 saturated carbocycles. The maximum atomic E-state index is 2.42. The van der Waals surface area contributed by atoms with Crippen LogP contribution in [0.1, 0.15) is 85.7 Å². The van der Waals surface area contributed by atoms with Crippen LogP contribution in [0.25, 0.3) is 53.2 Å². The lowest BCUT2D eigenvalue weighted by atomic mass is 9.86. The van der Waals surface area contributed by atoms with Crippen LogP contribution in [0.4, 0.5) is 0 Å². The Morgan fingerprint density at radius 3 is 1.63 bits per heavy atom. The van der Waals surface area contributed by atoms with Gasteiger partial charge in [-0.15, -0.1) is 11.3 Å². The SMILES string of the molecule is CC1=CCC2(C=C1)c1c(C)c(C)c(C)c(C)c12.Cc1ccc(-c2c(C)c(C)c(C)c(C)c2C)cc1.Cc1cccc2c(-c3ccc4sc5ccccc5c4c3)cccc12. The molecule has 0 aliphatic heterocycles. The largest absolute Gasteiger partial charge is 0.135 e. The zero-order valence-electron chi connectivity index (χ0n) is 37.2. The standard InChI is InChI=1S/C23H16S.C18H22.C17H20/c1-15-6-4-10-19-17(15)8-5-9-18(19)16-12-13-23-21(14-16)20-7-2-3-11-22(20)24-23;1-11-7-9-17(10-8-11)18-15(5)13(3)12(2)14(4)16(18)6;1-10-6-8-17(9-7-10)15-13(4)11(2)12(3)14(5)16(15)17/h2-14H,1H3;7-10H,1-6H3;6-8H,9H2,1-5H3. The molecule has 0 unspecified atom stereocenters. The summed E-state index contributed by atoms with van der Waals surface area (Å²) in [5.74, 6) is 0. The Balaban J connectivity index is 0.000000126. The topological polar surface area (TPSA) is 0 Å². The maximum absolute atomic E-state index is 2.42. The monoisotopic (exact) mass is 786 g/mol. The van der Waals surface area contributed by atoms with Gasteiger partial charge in [0.25, 0.3) is 0 Å². The second kappa shape index (κ2) is 15.6. The molecule has 1 heterocycles. The predicted molar refractivity (Wildman–Crippen MR) is 261 cm³/mol. The van der Waals surface area contributed by atoms with Gasteiger partial charge < -0.3 is 0 Å². The molecule has 8 aromatic rings. The number of aryl methyl sites for hydroxylation is 2. The molecule has 0 bridgehead atoms. The van der Waals surface area contributed by atoms with Gasteiger partial charge in [0.1, 0.15) is 0 Å². The second-order valence-electron chi connectivity index (χ2n) is 17.4. The van der Waals surface area contributed by atoms with Crippen LogP contribution in [0.2, 0.25) is 0 Å². The van der Waals surface area contributed by atoms with Crippen molar-refractivity contribution in [3.05, 3.63) is 199 Å². The van der Waals surface area contributed by atoms with Crippen molar-refractivity contribution in [3.8, 4) is 22.3 Å². The fraction of sp³-hybridized carbons (Fsp3) is 0.241. The van der Waals surface area contributed by atoms with Gasteiger partial charge in [-0.1, -0.05) is 114 Å². The summed E-state index contributed by atoms with van der Waals surface area (Å²) in [4.78, 5) is 0. The third-order valence-electron chi connectivity index (χ3n) is 14.1. The summed E-state index contributed by atoms with van der Waals surface area (Å²) in [5, 5.41) is 5.38. The molecule has 1 spiro atoms. The van der Waals surface area contributed by atoms with Gasteiger partial charge in [0.15, 0.2) is 0 Å². The first kappa shape index (κ1) is 40.3. The minimum absolute atomic E-state index is 0.271. The first-order valence-electron chi connectivity index (χ1n) is 21.2. The van der Waals surface area contributed by atoms with E-state index in [1.807, 2.05) is 11.3 Å². The Kier molecular flexibility index (Phi) is 10.6. The van der Waals surface area contributed by atoms with Crippen LogP contribution >= 0.6 is 11.3 Å². The van der Waals surface area contributed by atoms with Crippen LogP contribution in [0.15, 0.2) is 127 Å². The minimum atomic E-state index is 0.271. The van der Waals surface area contributed by atoms with E-state index >= 15 is 0 Å². The Bertz CT molecular complexity index is 2950. The fourth-order valence-corrected chi connectivity index (χ4v) is 10.8. The van der Waals surface area contributed by atoms with E-state index in [4.69, 9.17) is 0 Å². The van der Waals surface area contributed by atoms with Crippen molar-refractivity contribution in [2.45, 2.75) is 94.9 Å². The highest BCUT2D eigenvalue weighted by molar-refractivity contribution is 7.25. The molecule has 0 N–H and O–H groups in total. The highest BCUT2D eigenvalue weighted by Gasteiger charge is 2.51. The molecule has 0 fully saturated rings. The Morgan fingerprint density at radius 2 is 0.983 bits per heavy atom. The summed E-state index contributed by atoms with van der Waals surface area (Å²) in [5.41, 5.74) is 26.0. The number of hydrogen-bond acceptors (Lipinski definition) is 1. The highest BCUT2D eigenvalue weighted by Crippen LogP contribution is 2.59. The number of fused-ring (bicyclic) bond motifs is 7. The number of rotatable bonds is 2. The van der Waals surface area contributed by atoms with Gasteiger partial charge in [0.2, 0.25) is 0 Å². The van der Waals surface area contributed by atoms with Gasteiger partial charge in [-0.2, -0.15) is 0 Å². The van der Waals surface area contributed by atoms with Gasteiger partial charge in [-0.25, -0.2) is 0 Å². The summed E-state index contributed by atoms with van der Waals surface area (Å²) < 4.78 is 2.72. The van der Waals surface area contributed by atoms with Crippen molar-refractivity contribution in [1.82, 2.24) is 0 Å². The van der Waals surface area contributed by atoms with E-state index in [9.17, 15) is 0 Å². The first-order chi connectivity index (χ1) is 28.2. The number of benzene rings is 7. The smallest absolute Gasteiger partial charge is 0.0431 e. The molecule has 1 aromatic heterocycles. The predicted octanol–water partition coefficient (Wildman–Crippen LogP) is 16.8. The molecule has 0 saturated heterocycles. The van der Waals surface area contributed by atoms with E-state index in [0.717, 1.165) is 6.42 Å². The van der Waals surface area contributed by atoms with Crippen molar-refractivity contribution < 1.29 is 0 Å². The molecule has 59 heavy (non-hydrogen) atoms. The fourth-order valence-electron chi connectivity index (χ4n) is 9.68. The molecule has 0 radical (unpaired) electrons. The molecular weight excluding hydrogens is 729 g/mol.